The number of aromatic amines is 1. The number of piperazine rings is 1. The number of hydrogen-bond donors (Lipinski definition) is 2. The van der Waals surface area contributed by atoms with Crippen molar-refractivity contribution in [2.75, 3.05) is 57.4 Å². The van der Waals surface area contributed by atoms with Gasteiger partial charge in [-0.1, -0.05) is 0 Å². The number of fused-ring (bicyclic) bond motifs is 1. The first-order valence-electron chi connectivity index (χ1n) is 11.7. The zero-order valence-corrected chi connectivity index (χ0v) is 19.7. The fraction of sp³-hybridized carbons (Fsp3) is 0.360. The van der Waals surface area contributed by atoms with Crippen LogP contribution in [0.15, 0.2) is 41.9 Å². The molecule has 34 heavy (non-hydrogen) atoms. The molecule has 176 valence electrons. The van der Waals surface area contributed by atoms with E-state index in [9.17, 15) is 4.39 Å². The predicted molar refractivity (Wildman–Crippen MR) is 134 cm³/mol. The summed E-state index contributed by atoms with van der Waals surface area (Å²) in [6.45, 7) is 8.03. The van der Waals surface area contributed by atoms with Gasteiger partial charge in [0.05, 0.1) is 18.9 Å². The van der Waals surface area contributed by atoms with Crippen molar-refractivity contribution in [3.63, 3.8) is 0 Å². The number of ether oxygens (including phenoxy) is 1. The van der Waals surface area contributed by atoms with Gasteiger partial charge >= 0.3 is 0 Å². The highest BCUT2D eigenvalue weighted by Gasteiger charge is 2.19. The fourth-order valence-corrected chi connectivity index (χ4v) is 5.57. The standard InChI is InChI=1S/C25H27FN6OS/c26-18-12-21(20-1-2-28-22(20)13-18)23-14-24(32-7-9-33-10-8-32)30-25(29-23)17-11-19(34-16-17)15-31-5-3-27-4-6-31/h1-2,11-14,16,27-28H,3-10,15H2. The van der Waals surface area contributed by atoms with E-state index in [1.54, 1.807) is 17.4 Å². The number of nitrogens with zero attached hydrogens (tertiary/aromatic N) is 4. The van der Waals surface area contributed by atoms with Gasteiger partial charge in [-0.05, 0) is 24.3 Å². The van der Waals surface area contributed by atoms with Gasteiger partial charge in [0.25, 0.3) is 0 Å². The molecule has 2 N–H and O–H groups in total. The maximum Gasteiger partial charge on any atom is 0.162 e. The van der Waals surface area contributed by atoms with Crippen LogP contribution in [0.25, 0.3) is 33.5 Å². The molecule has 0 aliphatic carbocycles. The number of thiophene rings is 1. The van der Waals surface area contributed by atoms with Gasteiger partial charge in [0.15, 0.2) is 5.82 Å². The van der Waals surface area contributed by atoms with Crippen molar-refractivity contribution in [3.8, 4) is 22.6 Å². The summed E-state index contributed by atoms with van der Waals surface area (Å²) in [6, 6.07) is 9.23. The molecule has 6 rings (SSSR count). The molecule has 2 aliphatic heterocycles. The largest absolute Gasteiger partial charge is 0.378 e. The van der Waals surface area contributed by atoms with Crippen LogP contribution in [0.5, 0.6) is 0 Å². The summed E-state index contributed by atoms with van der Waals surface area (Å²) in [7, 11) is 0. The Morgan fingerprint density at radius 2 is 1.88 bits per heavy atom. The Morgan fingerprint density at radius 1 is 1.03 bits per heavy atom. The third kappa shape index (κ3) is 4.44. The molecule has 5 heterocycles. The molecular formula is C25H27FN6OS. The Kier molecular flexibility index (Phi) is 6.00. The second kappa shape index (κ2) is 9.42. The van der Waals surface area contributed by atoms with E-state index in [0.717, 1.165) is 79.4 Å². The first-order valence-corrected chi connectivity index (χ1v) is 12.6. The molecule has 0 spiro atoms. The number of anilines is 1. The van der Waals surface area contributed by atoms with E-state index in [-0.39, 0.29) is 5.82 Å². The predicted octanol–water partition coefficient (Wildman–Crippen LogP) is 3.73. The second-order valence-electron chi connectivity index (χ2n) is 8.75. The molecule has 0 radical (unpaired) electrons. The first-order chi connectivity index (χ1) is 16.7. The first kappa shape index (κ1) is 21.7. The van der Waals surface area contributed by atoms with Crippen molar-refractivity contribution in [2.45, 2.75) is 6.54 Å². The molecule has 0 amide bonds. The van der Waals surface area contributed by atoms with Gasteiger partial charge < -0.3 is 19.9 Å². The van der Waals surface area contributed by atoms with Crippen LogP contribution in [-0.4, -0.2) is 72.3 Å². The van der Waals surface area contributed by atoms with Gasteiger partial charge in [0.1, 0.15) is 11.6 Å². The number of hydrogen-bond acceptors (Lipinski definition) is 7. The molecule has 0 saturated carbocycles. The minimum absolute atomic E-state index is 0.285. The number of halogens is 1. The normalized spacial score (nSPS) is 17.5. The maximum atomic E-state index is 14.5. The molecule has 1 aromatic carbocycles. The maximum absolute atomic E-state index is 14.5. The van der Waals surface area contributed by atoms with Crippen molar-refractivity contribution >= 4 is 28.1 Å². The Bertz CT molecular complexity index is 1290. The summed E-state index contributed by atoms with van der Waals surface area (Å²) in [5.74, 6) is 1.24. The quantitative estimate of drug-likeness (QED) is 0.456. The number of benzene rings is 1. The summed E-state index contributed by atoms with van der Waals surface area (Å²) in [6.07, 6.45) is 1.83. The second-order valence-corrected chi connectivity index (χ2v) is 9.75. The Morgan fingerprint density at radius 3 is 2.74 bits per heavy atom. The van der Waals surface area contributed by atoms with E-state index in [4.69, 9.17) is 14.7 Å². The molecule has 0 bridgehead atoms. The Hall–Kier alpha value is -2.85. The minimum atomic E-state index is -0.285. The third-order valence-electron chi connectivity index (χ3n) is 6.46. The number of aromatic nitrogens is 3. The lowest BCUT2D eigenvalue weighted by Gasteiger charge is -2.28. The van der Waals surface area contributed by atoms with E-state index >= 15 is 0 Å². The number of H-pyrrole nitrogens is 1. The summed E-state index contributed by atoms with van der Waals surface area (Å²) in [5.41, 5.74) is 3.27. The molecule has 2 aliphatic rings. The minimum Gasteiger partial charge on any atom is -0.378 e. The lowest BCUT2D eigenvalue weighted by molar-refractivity contribution is 0.122. The van der Waals surface area contributed by atoms with Gasteiger partial charge in [-0.25, -0.2) is 14.4 Å². The SMILES string of the molecule is Fc1cc(-c2cc(N3CCOCC3)nc(-c3csc(CN4CCNCC4)c3)n2)c2cc[nH]c2c1. The fourth-order valence-electron chi connectivity index (χ4n) is 4.67. The molecule has 2 saturated heterocycles. The average Bonchev–Trinajstić information content (AvgIpc) is 3.54. The number of morpholine rings is 1. The van der Waals surface area contributed by atoms with Crippen LogP contribution in [0.3, 0.4) is 0 Å². The summed E-state index contributed by atoms with van der Waals surface area (Å²) in [5, 5.41) is 6.49. The molecule has 0 unspecified atom stereocenters. The van der Waals surface area contributed by atoms with E-state index in [2.05, 4.69) is 31.5 Å². The van der Waals surface area contributed by atoms with Gasteiger partial charge in [-0.15, -0.1) is 11.3 Å². The van der Waals surface area contributed by atoms with Crippen molar-refractivity contribution in [1.29, 1.82) is 0 Å². The molecule has 7 nitrogen and oxygen atoms in total. The number of rotatable bonds is 5. The van der Waals surface area contributed by atoms with Crippen molar-refractivity contribution in [2.24, 2.45) is 0 Å². The lowest BCUT2D eigenvalue weighted by atomic mass is 10.1. The van der Waals surface area contributed by atoms with Crippen LogP contribution >= 0.6 is 11.3 Å². The monoisotopic (exact) mass is 478 g/mol. The van der Waals surface area contributed by atoms with Crippen LogP contribution in [-0.2, 0) is 11.3 Å². The van der Waals surface area contributed by atoms with Gasteiger partial charge in [-0.2, -0.15) is 0 Å². The van der Waals surface area contributed by atoms with Crippen molar-refractivity contribution < 1.29 is 9.13 Å². The van der Waals surface area contributed by atoms with Gasteiger partial charge in [-0.3, -0.25) is 4.90 Å². The highest BCUT2D eigenvalue weighted by molar-refractivity contribution is 7.10. The summed E-state index contributed by atoms with van der Waals surface area (Å²) < 4.78 is 20.0. The van der Waals surface area contributed by atoms with E-state index in [1.807, 2.05) is 18.3 Å². The van der Waals surface area contributed by atoms with Crippen LogP contribution < -0.4 is 10.2 Å². The van der Waals surface area contributed by atoms with Crippen LogP contribution in [0, 0.1) is 5.82 Å². The van der Waals surface area contributed by atoms with Crippen molar-refractivity contribution in [3.05, 3.63) is 52.6 Å². The molecule has 2 fully saturated rings. The summed E-state index contributed by atoms with van der Waals surface area (Å²) >= 11 is 1.75. The van der Waals surface area contributed by atoms with Crippen molar-refractivity contribution in [1.82, 2.24) is 25.2 Å². The Labute approximate surface area is 201 Å². The van der Waals surface area contributed by atoms with E-state index in [0.29, 0.717) is 19.0 Å². The highest BCUT2D eigenvalue weighted by Crippen LogP contribution is 2.33. The molecule has 3 aromatic heterocycles. The zero-order valence-electron chi connectivity index (χ0n) is 18.9. The van der Waals surface area contributed by atoms with E-state index in [1.165, 1.54) is 10.9 Å². The molecular weight excluding hydrogens is 451 g/mol. The third-order valence-corrected chi connectivity index (χ3v) is 7.38. The molecule has 9 heteroatoms. The van der Waals surface area contributed by atoms with E-state index < -0.39 is 0 Å². The van der Waals surface area contributed by atoms with Crippen LogP contribution in [0.4, 0.5) is 10.2 Å². The zero-order chi connectivity index (χ0) is 22.9. The Balaban J connectivity index is 1.40. The highest BCUT2D eigenvalue weighted by atomic mass is 32.1. The number of nitrogens with one attached hydrogen (secondary N) is 2. The molecule has 0 atom stereocenters. The smallest absolute Gasteiger partial charge is 0.162 e. The topological polar surface area (TPSA) is 69.3 Å². The van der Waals surface area contributed by atoms with Crippen LogP contribution in [0.1, 0.15) is 4.88 Å². The lowest BCUT2D eigenvalue weighted by Crippen LogP contribution is -2.42. The molecule has 4 aromatic rings. The summed E-state index contributed by atoms with van der Waals surface area (Å²) in [4.78, 5) is 19.0. The average molecular weight is 479 g/mol. The van der Waals surface area contributed by atoms with Gasteiger partial charge in [0.2, 0.25) is 0 Å². The van der Waals surface area contributed by atoms with Crippen LogP contribution in [0.2, 0.25) is 0 Å². The van der Waals surface area contributed by atoms with Gasteiger partial charge in [0, 0.05) is 90.4 Å².